The van der Waals surface area contributed by atoms with Crippen molar-refractivity contribution in [3.05, 3.63) is 71.9 Å². The van der Waals surface area contributed by atoms with Gasteiger partial charge in [-0.3, -0.25) is 14.4 Å². The van der Waals surface area contributed by atoms with Crippen LogP contribution in [0, 0.1) is 5.92 Å². The van der Waals surface area contributed by atoms with Crippen molar-refractivity contribution in [2.45, 2.75) is 70.1 Å². The third-order valence-electron chi connectivity index (χ3n) is 7.96. The molecule has 1 aliphatic heterocycles. The van der Waals surface area contributed by atoms with Gasteiger partial charge >= 0.3 is 5.97 Å². The predicted molar refractivity (Wildman–Crippen MR) is 156 cm³/mol. The highest BCUT2D eigenvalue weighted by atomic mass is 16.4. The molecule has 2 heterocycles. The second-order valence-electron chi connectivity index (χ2n) is 10.8. The minimum Gasteiger partial charge on any atom is -0.480 e. The summed E-state index contributed by atoms with van der Waals surface area (Å²) in [6, 6.07) is 13.4. The highest BCUT2D eigenvalue weighted by molar-refractivity contribution is 5.95. The van der Waals surface area contributed by atoms with Gasteiger partial charge in [0.25, 0.3) is 0 Å². The second-order valence-corrected chi connectivity index (χ2v) is 10.8. The Hall–Kier alpha value is -4.18. The van der Waals surface area contributed by atoms with Gasteiger partial charge < -0.3 is 31.4 Å². The summed E-state index contributed by atoms with van der Waals surface area (Å²) in [5, 5.41) is 16.1. The predicted octanol–water partition coefficient (Wildman–Crippen LogP) is 2.37. The van der Waals surface area contributed by atoms with E-state index >= 15 is 0 Å². The number of rotatable bonds is 12. The first-order valence-electron chi connectivity index (χ1n) is 14.2. The molecule has 0 bridgehead atoms. The molecule has 5 atom stereocenters. The van der Waals surface area contributed by atoms with E-state index in [-0.39, 0.29) is 12.3 Å². The Kier molecular flexibility index (Phi) is 9.78. The number of aliphatic carboxylic acids is 1. The SMILES string of the molecule is CCC(C)C(NC(=O)C1CCCN1C(=O)C(Cc1c[nH]c2ccccc12)NC(=O)C(N)Cc1ccccc1)C(=O)O. The zero-order valence-electron chi connectivity index (χ0n) is 23.5. The van der Waals surface area contributed by atoms with Crippen LogP contribution in [0.4, 0.5) is 0 Å². The summed E-state index contributed by atoms with van der Waals surface area (Å²) in [6.07, 6.45) is 3.90. The molecule has 1 aromatic heterocycles. The van der Waals surface area contributed by atoms with Crippen molar-refractivity contribution in [2.75, 3.05) is 6.54 Å². The lowest BCUT2D eigenvalue weighted by molar-refractivity contribution is -0.146. The summed E-state index contributed by atoms with van der Waals surface area (Å²) in [5.74, 6) is -2.75. The molecule has 1 saturated heterocycles. The number of H-pyrrole nitrogens is 1. The number of likely N-dealkylation sites (tertiary alicyclic amines) is 1. The minimum atomic E-state index is -1.11. The third-order valence-corrected chi connectivity index (χ3v) is 7.96. The van der Waals surface area contributed by atoms with Gasteiger partial charge in [-0.2, -0.15) is 0 Å². The van der Waals surface area contributed by atoms with Gasteiger partial charge in [-0.05, 0) is 42.4 Å². The van der Waals surface area contributed by atoms with Crippen molar-refractivity contribution in [1.29, 1.82) is 0 Å². The Morgan fingerprint density at radius 2 is 1.76 bits per heavy atom. The number of nitrogens with zero attached hydrogens (tertiary/aromatic N) is 1. The van der Waals surface area contributed by atoms with Gasteiger partial charge in [0.05, 0.1) is 6.04 Å². The minimum absolute atomic E-state index is 0.197. The number of carboxylic acid groups (broad SMARTS) is 1. The van der Waals surface area contributed by atoms with Gasteiger partial charge in [0.2, 0.25) is 17.7 Å². The van der Waals surface area contributed by atoms with Crippen molar-refractivity contribution in [2.24, 2.45) is 11.7 Å². The maximum Gasteiger partial charge on any atom is 0.326 e. The number of nitrogens with one attached hydrogen (secondary N) is 3. The monoisotopic (exact) mass is 561 g/mol. The van der Waals surface area contributed by atoms with Crippen LogP contribution in [0.5, 0.6) is 0 Å². The van der Waals surface area contributed by atoms with Gasteiger partial charge in [0, 0.05) is 30.1 Å². The van der Waals surface area contributed by atoms with Crippen molar-refractivity contribution in [3.8, 4) is 0 Å². The first-order valence-corrected chi connectivity index (χ1v) is 14.2. The van der Waals surface area contributed by atoms with Crippen LogP contribution < -0.4 is 16.4 Å². The van der Waals surface area contributed by atoms with E-state index < -0.39 is 47.9 Å². The average molecular weight is 562 g/mol. The number of aromatic amines is 1. The maximum absolute atomic E-state index is 14.0. The van der Waals surface area contributed by atoms with Gasteiger partial charge in [0.1, 0.15) is 18.1 Å². The number of carboxylic acids is 1. The molecule has 3 amide bonds. The summed E-state index contributed by atoms with van der Waals surface area (Å²) < 4.78 is 0. The standard InChI is InChI=1S/C31H39N5O5/c1-3-19(2)27(31(40)41)35-29(38)26-14-9-15-36(26)30(39)25(17-21-18-33-24-13-8-7-12-22(21)24)34-28(37)23(32)16-20-10-5-4-6-11-20/h4-8,10-13,18-19,23,25-27,33H,3,9,14-17,32H2,1-2H3,(H,34,37)(H,35,38)(H,40,41). The molecule has 41 heavy (non-hydrogen) atoms. The van der Waals surface area contributed by atoms with E-state index in [4.69, 9.17) is 5.73 Å². The Bertz CT molecular complexity index is 1370. The lowest BCUT2D eigenvalue weighted by atomic mass is 9.98. The Morgan fingerprint density at radius 1 is 1.05 bits per heavy atom. The van der Waals surface area contributed by atoms with Crippen LogP contribution in [0.2, 0.25) is 0 Å². The Balaban J connectivity index is 1.55. The van der Waals surface area contributed by atoms with Gasteiger partial charge in [-0.1, -0.05) is 68.8 Å². The first kappa shape index (κ1) is 29.8. The van der Waals surface area contributed by atoms with E-state index in [2.05, 4.69) is 15.6 Å². The Morgan fingerprint density at radius 3 is 2.46 bits per heavy atom. The molecular formula is C31H39N5O5. The molecule has 218 valence electrons. The largest absolute Gasteiger partial charge is 0.480 e. The van der Waals surface area contributed by atoms with Gasteiger partial charge in [0.15, 0.2) is 0 Å². The summed E-state index contributed by atoms with van der Waals surface area (Å²) in [7, 11) is 0. The zero-order chi connectivity index (χ0) is 29.5. The van der Waals surface area contributed by atoms with Crippen LogP contribution in [0.15, 0.2) is 60.8 Å². The number of para-hydroxylation sites is 1. The van der Waals surface area contributed by atoms with Crippen molar-refractivity contribution in [1.82, 2.24) is 20.5 Å². The molecule has 5 unspecified atom stereocenters. The van der Waals surface area contributed by atoms with Crippen molar-refractivity contribution >= 4 is 34.6 Å². The van der Waals surface area contributed by atoms with Crippen LogP contribution in [0.25, 0.3) is 10.9 Å². The fraction of sp³-hybridized carbons (Fsp3) is 0.419. The molecule has 10 heteroatoms. The number of hydrogen-bond acceptors (Lipinski definition) is 5. The van der Waals surface area contributed by atoms with E-state index in [9.17, 15) is 24.3 Å². The number of carbonyl (C=O) groups is 4. The molecule has 0 aliphatic carbocycles. The zero-order valence-corrected chi connectivity index (χ0v) is 23.5. The molecule has 6 N–H and O–H groups in total. The molecule has 1 fully saturated rings. The summed E-state index contributed by atoms with van der Waals surface area (Å²) >= 11 is 0. The molecule has 3 aromatic rings. The van der Waals surface area contributed by atoms with Crippen LogP contribution in [-0.4, -0.2) is 69.4 Å². The van der Waals surface area contributed by atoms with Crippen LogP contribution >= 0.6 is 0 Å². The number of nitrogens with two attached hydrogens (primary N) is 1. The molecule has 0 spiro atoms. The van der Waals surface area contributed by atoms with E-state index in [0.717, 1.165) is 22.0 Å². The smallest absolute Gasteiger partial charge is 0.326 e. The highest BCUT2D eigenvalue weighted by Crippen LogP contribution is 2.23. The molecule has 10 nitrogen and oxygen atoms in total. The van der Waals surface area contributed by atoms with Crippen molar-refractivity contribution in [3.63, 3.8) is 0 Å². The average Bonchev–Trinajstić information content (AvgIpc) is 3.63. The first-order chi connectivity index (χ1) is 19.7. The van der Waals surface area contributed by atoms with E-state index in [1.807, 2.05) is 67.7 Å². The topological polar surface area (TPSA) is 158 Å². The summed E-state index contributed by atoms with van der Waals surface area (Å²) in [6.45, 7) is 3.95. The molecule has 2 aromatic carbocycles. The van der Waals surface area contributed by atoms with Gasteiger partial charge in [-0.25, -0.2) is 4.79 Å². The quantitative estimate of drug-likeness (QED) is 0.228. The fourth-order valence-electron chi connectivity index (χ4n) is 5.40. The Labute approximate surface area is 239 Å². The summed E-state index contributed by atoms with van der Waals surface area (Å²) in [4.78, 5) is 57.0. The number of benzene rings is 2. The number of aromatic nitrogens is 1. The number of fused-ring (bicyclic) bond motifs is 1. The van der Waals surface area contributed by atoms with Crippen LogP contribution in [0.1, 0.15) is 44.2 Å². The van der Waals surface area contributed by atoms with Crippen molar-refractivity contribution < 1.29 is 24.3 Å². The molecule has 1 aliphatic rings. The number of carbonyl (C=O) groups excluding carboxylic acids is 3. The molecule has 4 rings (SSSR count). The van der Waals surface area contributed by atoms with E-state index in [1.165, 1.54) is 4.90 Å². The number of amides is 3. The lowest BCUT2D eigenvalue weighted by Gasteiger charge is -2.30. The normalized spacial score (nSPS) is 17.9. The highest BCUT2D eigenvalue weighted by Gasteiger charge is 2.40. The molecule has 0 saturated carbocycles. The molecule has 0 radical (unpaired) electrons. The van der Waals surface area contributed by atoms with Crippen LogP contribution in [-0.2, 0) is 32.0 Å². The fourth-order valence-corrected chi connectivity index (χ4v) is 5.40. The third kappa shape index (κ3) is 7.13. The van der Waals surface area contributed by atoms with E-state index in [0.29, 0.717) is 32.2 Å². The van der Waals surface area contributed by atoms with Crippen LogP contribution in [0.3, 0.4) is 0 Å². The second kappa shape index (κ2) is 13.5. The van der Waals surface area contributed by atoms with Gasteiger partial charge in [-0.15, -0.1) is 0 Å². The number of hydrogen-bond donors (Lipinski definition) is 5. The van der Waals surface area contributed by atoms with E-state index in [1.54, 1.807) is 6.92 Å². The lowest BCUT2D eigenvalue weighted by Crippen LogP contribution is -2.58. The molecular weight excluding hydrogens is 522 g/mol. The summed E-state index contributed by atoms with van der Waals surface area (Å²) in [5.41, 5.74) is 8.91. The maximum atomic E-state index is 14.0.